The highest BCUT2D eigenvalue weighted by Crippen LogP contribution is 2.52. The molecule has 0 radical (unpaired) electrons. The molecule has 2 heterocycles. The fraction of sp³-hybridized carbons (Fsp3) is 0.348. The number of Topliss-reactive ketones (excluding diaryl/α,β-unsaturated/α-hetero) is 1. The molecule has 1 atom stereocenters. The summed E-state index contributed by atoms with van der Waals surface area (Å²) in [5.41, 5.74) is 4.86. The van der Waals surface area contributed by atoms with Crippen molar-refractivity contribution in [3.05, 3.63) is 58.8 Å². The van der Waals surface area contributed by atoms with Crippen LogP contribution in [0.15, 0.2) is 47.7 Å². The summed E-state index contributed by atoms with van der Waals surface area (Å²) in [6.07, 6.45) is 1.39. The van der Waals surface area contributed by atoms with Crippen LogP contribution in [0.5, 0.6) is 17.2 Å². The van der Waals surface area contributed by atoms with Crippen molar-refractivity contribution in [1.82, 2.24) is 0 Å². The molecule has 28 heavy (non-hydrogen) atoms. The standard InChI is InChI=1S/C23H23NO4/c1-23(2)10-17-22(18(25)11-23)21(13-5-4-6-14(7-13)26-3)15-8-19-20(28-12-27-19)9-16(15)24-17/h4-9,21,24H,10-12H2,1-3H3/t21-/m0/s1. The van der Waals surface area contributed by atoms with Crippen LogP contribution in [0.3, 0.4) is 0 Å². The zero-order valence-electron chi connectivity index (χ0n) is 16.3. The first kappa shape index (κ1) is 17.2. The van der Waals surface area contributed by atoms with E-state index in [4.69, 9.17) is 14.2 Å². The Labute approximate surface area is 164 Å². The van der Waals surface area contributed by atoms with Crippen molar-refractivity contribution in [3.63, 3.8) is 0 Å². The minimum Gasteiger partial charge on any atom is -0.497 e. The van der Waals surface area contributed by atoms with Gasteiger partial charge in [-0.15, -0.1) is 0 Å². The molecule has 0 bridgehead atoms. The Hall–Kier alpha value is -2.95. The van der Waals surface area contributed by atoms with Crippen LogP contribution in [0.25, 0.3) is 0 Å². The molecule has 1 aliphatic carbocycles. The molecule has 0 fully saturated rings. The first-order valence-corrected chi connectivity index (χ1v) is 9.56. The monoisotopic (exact) mass is 377 g/mol. The number of hydrogen-bond donors (Lipinski definition) is 1. The van der Waals surface area contributed by atoms with Crippen molar-refractivity contribution in [2.24, 2.45) is 5.41 Å². The molecule has 0 saturated heterocycles. The van der Waals surface area contributed by atoms with Gasteiger partial charge in [0.05, 0.1) is 7.11 Å². The molecule has 2 aliphatic heterocycles. The number of fused-ring (bicyclic) bond motifs is 2. The molecule has 2 aromatic carbocycles. The quantitative estimate of drug-likeness (QED) is 0.827. The van der Waals surface area contributed by atoms with Crippen LogP contribution in [-0.2, 0) is 4.79 Å². The first-order chi connectivity index (χ1) is 13.4. The van der Waals surface area contributed by atoms with E-state index in [1.54, 1.807) is 7.11 Å². The van der Waals surface area contributed by atoms with E-state index < -0.39 is 0 Å². The molecular weight excluding hydrogens is 354 g/mol. The number of hydrogen-bond acceptors (Lipinski definition) is 5. The van der Waals surface area contributed by atoms with Crippen LogP contribution in [0.1, 0.15) is 43.7 Å². The molecule has 5 rings (SSSR count). The molecule has 0 aromatic heterocycles. The molecule has 144 valence electrons. The average Bonchev–Trinajstić information content (AvgIpc) is 3.11. The molecule has 0 unspecified atom stereocenters. The van der Waals surface area contributed by atoms with Crippen LogP contribution in [0.2, 0.25) is 0 Å². The smallest absolute Gasteiger partial charge is 0.231 e. The fourth-order valence-corrected chi connectivity index (χ4v) is 4.57. The molecule has 0 amide bonds. The summed E-state index contributed by atoms with van der Waals surface area (Å²) in [5, 5.41) is 3.53. The van der Waals surface area contributed by atoms with E-state index in [0.29, 0.717) is 6.42 Å². The Morgan fingerprint density at radius 2 is 1.89 bits per heavy atom. The van der Waals surface area contributed by atoms with Gasteiger partial charge in [-0.3, -0.25) is 4.79 Å². The third kappa shape index (κ3) is 2.65. The lowest BCUT2D eigenvalue weighted by Gasteiger charge is -2.39. The van der Waals surface area contributed by atoms with E-state index in [-0.39, 0.29) is 23.9 Å². The third-order valence-corrected chi connectivity index (χ3v) is 5.78. The van der Waals surface area contributed by atoms with Crippen LogP contribution < -0.4 is 19.5 Å². The summed E-state index contributed by atoms with van der Waals surface area (Å²) < 4.78 is 16.6. The minimum atomic E-state index is -0.153. The number of allylic oxidation sites excluding steroid dienone is 2. The lowest BCUT2D eigenvalue weighted by molar-refractivity contribution is -0.118. The van der Waals surface area contributed by atoms with E-state index in [0.717, 1.165) is 51.8 Å². The van der Waals surface area contributed by atoms with Crippen molar-refractivity contribution >= 4 is 11.5 Å². The molecular formula is C23H23NO4. The van der Waals surface area contributed by atoms with Gasteiger partial charge in [-0.1, -0.05) is 26.0 Å². The SMILES string of the molecule is COc1cccc([C@@H]2C3=C(CC(C)(C)CC3=O)Nc3cc4c(cc32)OCO4)c1. The summed E-state index contributed by atoms with van der Waals surface area (Å²) >= 11 is 0. The number of methoxy groups -OCH3 is 1. The van der Waals surface area contributed by atoms with Crippen LogP contribution in [0, 0.1) is 5.41 Å². The summed E-state index contributed by atoms with van der Waals surface area (Å²) in [6, 6.07) is 12.0. The van der Waals surface area contributed by atoms with Gasteiger partial charge in [-0.25, -0.2) is 0 Å². The van der Waals surface area contributed by atoms with Gasteiger partial charge in [0.1, 0.15) is 5.75 Å². The number of carbonyl (C=O) groups excluding carboxylic acids is 1. The third-order valence-electron chi connectivity index (χ3n) is 5.78. The van der Waals surface area contributed by atoms with Crippen LogP contribution in [-0.4, -0.2) is 19.7 Å². The van der Waals surface area contributed by atoms with Crippen LogP contribution >= 0.6 is 0 Å². The van der Waals surface area contributed by atoms with Gasteiger partial charge in [0.2, 0.25) is 6.79 Å². The largest absolute Gasteiger partial charge is 0.497 e. The predicted octanol–water partition coefficient (Wildman–Crippen LogP) is 4.62. The van der Waals surface area contributed by atoms with Crippen molar-refractivity contribution in [3.8, 4) is 17.2 Å². The molecule has 1 N–H and O–H groups in total. The molecule has 5 heteroatoms. The molecule has 0 spiro atoms. The average molecular weight is 377 g/mol. The Morgan fingerprint density at radius 3 is 2.68 bits per heavy atom. The van der Waals surface area contributed by atoms with E-state index in [2.05, 4.69) is 25.2 Å². The van der Waals surface area contributed by atoms with Crippen molar-refractivity contribution in [2.45, 2.75) is 32.6 Å². The van der Waals surface area contributed by atoms with E-state index in [9.17, 15) is 4.79 Å². The summed E-state index contributed by atoms with van der Waals surface area (Å²) in [7, 11) is 1.66. The fourth-order valence-electron chi connectivity index (χ4n) is 4.57. The number of nitrogens with one attached hydrogen (secondary N) is 1. The van der Waals surface area contributed by atoms with Gasteiger partial charge >= 0.3 is 0 Å². The maximum atomic E-state index is 13.2. The second kappa shape index (κ2) is 6.03. The number of rotatable bonds is 2. The normalized spacial score (nSPS) is 21.7. The highest BCUT2D eigenvalue weighted by atomic mass is 16.7. The Kier molecular flexibility index (Phi) is 3.69. The van der Waals surface area contributed by atoms with Gasteiger partial charge in [-0.2, -0.15) is 0 Å². The van der Waals surface area contributed by atoms with Gasteiger partial charge in [0.15, 0.2) is 17.3 Å². The van der Waals surface area contributed by atoms with Crippen LogP contribution in [0.4, 0.5) is 5.69 Å². The number of carbonyl (C=O) groups is 1. The summed E-state index contributed by atoms with van der Waals surface area (Å²) in [5.74, 6) is 2.29. The lowest BCUT2D eigenvalue weighted by Crippen LogP contribution is -2.33. The number of ketones is 1. The highest BCUT2D eigenvalue weighted by molar-refractivity contribution is 6.01. The van der Waals surface area contributed by atoms with Crippen molar-refractivity contribution in [2.75, 3.05) is 19.2 Å². The topological polar surface area (TPSA) is 56.8 Å². The zero-order chi connectivity index (χ0) is 19.5. The summed E-state index contributed by atoms with van der Waals surface area (Å²) in [6.45, 7) is 4.51. The van der Waals surface area contributed by atoms with E-state index >= 15 is 0 Å². The zero-order valence-corrected chi connectivity index (χ0v) is 16.3. The Bertz CT molecular complexity index is 1020. The number of benzene rings is 2. The Balaban J connectivity index is 1.73. The van der Waals surface area contributed by atoms with Gasteiger partial charge < -0.3 is 19.5 Å². The van der Waals surface area contributed by atoms with E-state index in [1.165, 1.54) is 0 Å². The lowest BCUT2D eigenvalue weighted by atomic mass is 9.68. The second-order valence-corrected chi connectivity index (χ2v) is 8.46. The minimum absolute atomic E-state index is 0.0598. The predicted molar refractivity (Wildman–Crippen MR) is 106 cm³/mol. The molecule has 0 saturated carbocycles. The highest BCUT2D eigenvalue weighted by Gasteiger charge is 2.41. The van der Waals surface area contributed by atoms with Crippen molar-refractivity contribution < 1.29 is 19.0 Å². The van der Waals surface area contributed by atoms with Crippen molar-refractivity contribution in [1.29, 1.82) is 0 Å². The molecule has 5 nitrogen and oxygen atoms in total. The van der Waals surface area contributed by atoms with Gasteiger partial charge in [0, 0.05) is 35.4 Å². The summed E-state index contributed by atoms with van der Waals surface area (Å²) in [4.78, 5) is 13.2. The van der Waals surface area contributed by atoms with Gasteiger partial charge in [-0.05, 0) is 41.2 Å². The second-order valence-electron chi connectivity index (χ2n) is 8.46. The number of ether oxygens (including phenoxy) is 3. The number of anilines is 1. The molecule has 2 aromatic rings. The van der Waals surface area contributed by atoms with Gasteiger partial charge in [0.25, 0.3) is 0 Å². The molecule has 3 aliphatic rings. The maximum Gasteiger partial charge on any atom is 0.231 e. The first-order valence-electron chi connectivity index (χ1n) is 9.56. The van der Waals surface area contributed by atoms with E-state index in [1.807, 2.05) is 30.3 Å². The Morgan fingerprint density at radius 1 is 1.11 bits per heavy atom. The maximum absolute atomic E-state index is 13.2.